The van der Waals surface area contributed by atoms with E-state index in [1.807, 2.05) is 6.07 Å². The molecular formula is C12H15Cl2N3O. The van der Waals surface area contributed by atoms with E-state index in [0.29, 0.717) is 23.4 Å². The third-order valence-electron chi connectivity index (χ3n) is 3.19. The summed E-state index contributed by atoms with van der Waals surface area (Å²) in [5.74, 6) is -0.280. The van der Waals surface area contributed by atoms with Gasteiger partial charge in [0.05, 0.1) is 5.92 Å². The molecule has 18 heavy (non-hydrogen) atoms. The molecule has 0 aromatic carbocycles. The number of rotatable bonds is 3. The van der Waals surface area contributed by atoms with Crippen LogP contribution in [0.1, 0.15) is 18.4 Å². The Morgan fingerprint density at radius 2 is 2.28 bits per heavy atom. The highest BCUT2D eigenvalue weighted by atomic mass is 35.5. The Bertz CT molecular complexity index is 453. The summed E-state index contributed by atoms with van der Waals surface area (Å²) >= 11 is 11.8. The lowest BCUT2D eigenvalue weighted by Crippen LogP contribution is -2.40. The molecule has 1 fully saturated rings. The van der Waals surface area contributed by atoms with Gasteiger partial charge in [0.25, 0.3) is 0 Å². The third kappa shape index (κ3) is 3.34. The molecule has 98 valence electrons. The summed E-state index contributed by atoms with van der Waals surface area (Å²) in [6.07, 6.45) is 1.85. The summed E-state index contributed by atoms with van der Waals surface area (Å²) in [4.78, 5) is 17.4. The summed E-state index contributed by atoms with van der Waals surface area (Å²) in [7, 11) is 0. The highest BCUT2D eigenvalue weighted by molar-refractivity contribution is 6.32. The van der Waals surface area contributed by atoms with Crippen molar-refractivity contribution >= 4 is 29.1 Å². The first-order valence-corrected chi connectivity index (χ1v) is 6.64. The van der Waals surface area contributed by atoms with Gasteiger partial charge in [-0.05, 0) is 25.5 Å². The molecule has 1 aromatic heterocycles. The van der Waals surface area contributed by atoms with Crippen LogP contribution in [0, 0.1) is 5.92 Å². The molecule has 1 aromatic rings. The maximum absolute atomic E-state index is 11.2. The molecule has 1 atom stereocenters. The number of amides is 1. The Morgan fingerprint density at radius 3 is 2.94 bits per heavy atom. The first kappa shape index (κ1) is 13.6. The number of carbonyl (C=O) groups is 1. The van der Waals surface area contributed by atoms with Crippen LogP contribution in [0.25, 0.3) is 0 Å². The number of aromatic nitrogens is 1. The molecule has 4 nitrogen and oxygen atoms in total. The molecular weight excluding hydrogens is 273 g/mol. The van der Waals surface area contributed by atoms with E-state index < -0.39 is 0 Å². The van der Waals surface area contributed by atoms with Gasteiger partial charge in [0, 0.05) is 18.7 Å². The Labute approximate surface area is 116 Å². The van der Waals surface area contributed by atoms with E-state index in [2.05, 4.69) is 9.88 Å². The lowest BCUT2D eigenvalue weighted by Gasteiger charge is -2.31. The van der Waals surface area contributed by atoms with Crippen molar-refractivity contribution in [3.05, 3.63) is 28.0 Å². The van der Waals surface area contributed by atoms with Crippen molar-refractivity contribution in [1.29, 1.82) is 0 Å². The number of carbonyl (C=O) groups excluding carboxylic acids is 1. The molecule has 2 N–H and O–H groups in total. The number of hydrogen-bond donors (Lipinski definition) is 1. The van der Waals surface area contributed by atoms with E-state index in [0.717, 1.165) is 24.9 Å². The molecule has 0 radical (unpaired) electrons. The SMILES string of the molecule is NC(=O)C1CCCN(Cc2ccc(Cl)nc2Cl)C1. The lowest BCUT2D eigenvalue weighted by molar-refractivity contribution is -0.123. The molecule has 0 bridgehead atoms. The minimum absolute atomic E-state index is 0.0576. The summed E-state index contributed by atoms with van der Waals surface area (Å²) in [5, 5.41) is 0.807. The lowest BCUT2D eigenvalue weighted by atomic mass is 9.97. The second-order valence-corrected chi connectivity index (χ2v) is 5.31. The maximum atomic E-state index is 11.2. The summed E-state index contributed by atoms with van der Waals surface area (Å²) in [6.45, 7) is 2.31. The van der Waals surface area contributed by atoms with Crippen molar-refractivity contribution in [2.45, 2.75) is 19.4 Å². The number of nitrogens with zero attached hydrogens (tertiary/aromatic N) is 2. The minimum atomic E-state index is -0.222. The zero-order chi connectivity index (χ0) is 13.1. The Morgan fingerprint density at radius 1 is 1.50 bits per heavy atom. The number of piperidine rings is 1. The van der Waals surface area contributed by atoms with Crippen LogP contribution in [0.3, 0.4) is 0 Å². The van der Waals surface area contributed by atoms with Gasteiger partial charge in [0.15, 0.2) is 0 Å². The topological polar surface area (TPSA) is 59.2 Å². The van der Waals surface area contributed by atoms with Crippen molar-refractivity contribution < 1.29 is 4.79 Å². The standard InChI is InChI=1S/C12H15Cl2N3O/c13-10-4-3-8(11(14)16-10)6-17-5-1-2-9(7-17)12(15)18/h3-4,9H,1-2,5-7H2,(H2,15,18). The molecule has 0 saturated carbocycles. The van der Waals surface area contributed by atoms with E-state index in [9.17, 15) is 4.79 Å². The molecule has 1 unspecified atom stereocenters. The average molecular weight is 288 g/mol. The maximum Gasteiger partial charge on any atom is 0.221 e. The van der Waals surface area contributed by atoms with Crippen LogP contribution in [0.2, 0.25) is 10.3 Å². The summed E-state index contributed by atoms with van der Waals surface area (Å²) in [6, 6.07) is 3.59. The molecule has 1 saturated heterocycles. The van der Waals surface area contributed by atoms with Gasteiger partial charge in [-0.15, -0.1) is 0 Å². The van der Waals surface area contributed by atoms with Crippen molar-refractivity contribution in [2.24, 2.45) is 11.7 Å². The van der Waals surface area contributed by atoms with Crippen molar-refractivity contribution in [2.75, 3.05) is 13.1 Å². The monoisotopic (exact) mass is 287 g/mol. The van der Waals surface area contributed by atoms with E-state index in [-0.39, 0.29) is 11.8 Å². The number of hydrogen-bond acceptors (Lipinski definition) is 3. The quantitative estimate of drug-likeness (QED) is 0.866. The predicted octanol–water partition coefficient (Wildman–Crippen LogP) is 2.09. The van der Waals surface area contributed by atoms with Crippen LogP contribution < -0.4 is 5.73 Å². The fourth-order valence-corrected chi connectivity index (χ4v) is 2.64. The number of likely N-dealkylation sites (tertiary alicyclic amines) is 1. The predicted molar refractivity (Wildman–Crippen MR) is 71.5 cm³/mol. The van der Waals surface area contributed by atoms with E-state index in [1.165, 1.54) is 0 Å². The second-order valence-electron chi connectivity index (χ2n) is 4.56. The van der Waals surface area contributed by atoms with Crippen LogP contribution in [0.5, 0.6) is 0 Å². The number of halogens is 2. The molecule has 2 heterocycles. The largest absolute Gasteiger partial charge is 0.369 e. The van der Waals surface area contributed by atoms with Gasteiger partial charge in [-0.25, -0.2) is 4.98 Å². The third-order valence-corrected chi connectivity index (χ3v) is 3.73. The zero-order valence-corrected chi connectivity index (χ0v) is 11.4. The number of nitrogens with two attached hydrogens (primary N) is 1. The highest BCUT2D eigenvalue weighted by Gasteiger charge is 2.24. The van der Waals surface area contributed by atoms with Crippen LogP contribution in [-0.4, -0.2) is 28.9 Å². The van der Waals surface area contributed by atoms with Crippen molar-refractivity contribution in [3.8, 4) is 0 Å². The van der Waals surface area contributed by atoms with Gasteiger partial charge >= 0.3 is 0 Å². The average Bonchev–Trinajstić information content (AvgIpc) is 2.33. The normalized spacial score (nSPS) is 20.9. The number of pyridine rings is 1. The van der Waals surface area contributed by atoms with Crippen LogP contribution in [-0.2, 0) is 11.3 Å². The summed E-state index contributed by atoms with van der Waals surface area (Å²) in [5.41, 5.74) is 6.27. The van der Waals surface area contributed by atoms with Crippen molar-refractivity contribution in [1.82, 2.24) is 9.88 Å². The Kier molecular flexibility index (Phi) is 4.43. The molecule has 6 heteroatoms. The van der Waals surface area contributed by atoms with E-state index in [1.54, 1.807) is 6.07 Å². The highest BCUT2D eigenvalue weighted by Crippen LogP contribution is 2.22. The van der Waals surface area contributed by atoms with Crippen LogP contribution >= 0.6 is 23.2 Å². The van der Waals surface area contributed by atoms with Crippen LogP contribution in [0.4, 0.5) is 0 Å². The molecule has 0 spiro atoms. The minimum Gasteiger partial charge on any atom is -0.369 e. The van der Waals surface area contributed by atoms with Gasteiger partial charge < -0.3 is 5.73 Å². The van der Waals surface area contributed by atoms with Gasteiger partial charge in [-0.1, -0.05) is 29.3 Å². The smallest absolute Gasteiger partial charge is 0.221 e. The van der Waals surface area contributed by atoms with Gasteiger partial charge in [0.2, 0.25) is 5.91 Å². The fourth-order valence-electron chi connectivity index (χ4n) is 2.23. The Hall–Kier alpha value is -0.840. The molecule has 2 rings (SSSR count). The van der Waals surface area contributed by atoms with E-state index in [4.69, 9.17) is 28.9 Å². The fraction of sp³-hybridized carbons (Fsp3) is 0.500. The first-order chi connectivity index (χ1) is 8.56. The van der Waals surface area contributed by atoms with E-state index >= 15 is 0 Å². The van der Waals surface area contributed by atoms with Crippen molar-refractivity contribution in [3.63, 3.8) is 0 Å². The summed E-state index contributed by atoms with van der Waals surface area (Å²) < 4.78 is 0. The molecule has 1 amide bonds. The number of primary amides is 1. The van der Waals surface area contributed by atoms with Crippen LogP contribution in [0.15, 0.2) is 12.1 Å². The zero-order valence-electron chi connectivity index (χ0n) is 9.90. The van der Waals surface area contributed by atoms with Gasteiger partial charge in [-0.3, -0.25) is 9.69 Å². The molecule has 1 aliphatic heterocycles. The first-order valence-electron chi connectivity index (χ1n) is 5.89. The Balaban J connectivity index is 2.02. The molecule has 0 aliphatic carbocycles. The van der Waals surface area contributed by atoms with Gasteiger partial charge in [0.1, 0.15) is 10.3 Å². The van der Waals surface area contributed by atoms with Gasteiger partial charge in [-0.2, -0.15) is 0 Å². The second kappa shape index (κ2) is 5.87. The molecule has 1 aliphatic rings.